The normalized spacial score (nSPS) is 15.1. The van der Waals surface area contributed by atoms with Gasteiger partial charge in [0, 0.05) is 6.04 Å². The van der Waals surface area contributed by atoms with E-state index in [1.165, 1.54) is 4.90 Å². The molecule has 1 aliphatic heterocycles. The molecule has 1 aromatic carbocycles. The molecule has 1 heterocycles. The number of anilines is 1. The third-order valence-electron chi connectivity index (χ3n) is 3.94. The molecule has 2 rings (SSSR count). The fraction of sp³-hybridized carbons (Fsp3) is 0.556. The van der Waals surface area contributed by atoms with Gasteiger partial charge in [0.25, 0.3) is 5.91 Å². The molecule has 0 radical (unpaired) electrons. The number of amides is 2. The van der Waals surface area contributed by atoms with Crippen molar-refractivity contribution >= 4 is 17.5 Å². The molecular formula is C18H26N2O3. The molecule has 0 unspecified atom stereocenters. The zero-order valence-corrected chi connectivity index (χ0v) is 14.2. The van der Waals surface area contributed by atoms with Crippen molar-refractivity contribution in [2.24, 2.45) is 5.92 Å². The molecule has 0 spiro atoms. The first-order valence-electron chi connectivity index (χ1n) is 8.29. The van der Waals surface area contributed by atoms with E-state index in [1.807, 2.05) is 19.1 Å². The number of carbonyl (C=O) groups is 2. The first kappa shape index (κ1) is 17.3. The molecule has 126 valence electrons. The molecule has 0 bridgehead atoms. The Morgan fingerprint density at radius 3 is 2.74 bits per heavy atom. The summed E-state index contributed by atoms with van der Waals surface area (Å²) in [5, 5.41) is 2.98. The van der Waals surface area contributed by atoms with Gasteiger partial charge in [0.05, 0.1) is 5.69 Å². The number of nitrogens with zero attached hydrogens (tertiary/aromatic N) is 1. The third-order valence-corrected chi connectivity index (χ3v) is 3.94. The van der Waals surface area contributed by atoms with Crippen LogP contribution in [0, 0.1) is 5.92 Å². The van der Waals surface area contributed by atoms with Crippen LogP contribution in [-0.2, 0) is 9.59 Å². The Hall–Kier alpha value is -2.04. The molecular weight excluding hydrogens is 292 g/mol. The highest BCUT2D eigenvalue weighted by atomic mass is 16.5. The zero-order valence-electron chi connectivity index (χ0n) is 14.2. The Kier molecular flexibility index (Phi) is 6.02. The van der Waals surface area contributed by atoms with Crippen LogP contribution in [-0.4, -0.2) is 31.0 Å². The number of carbonyl (C=O) groups excluding carboxylic acids is 2. The molecule has 5 nitrogen and oxygen atoms in total. The van der Waals surface area contributed by atoms with Gasteiger partial charge in [-0.05, 0) is 31.4 Å². The second kappa shape index (κ2) is 7.99. The number of hydrogen-bond acceptors (Lipinski definition) is 3. The lowest BCUT2D eigenvalue weighted by molar-refractivity contribution is -0.125. The molecule has 0 saturated carbocycles. The molecule has 1 aromatic rings. The number of nitrogens with one attached hydrogen (secondary N) is 1. The monoisotopic (exact) mass is 318 g/mol. The third kappa shape index (κ3) is 4.98. The first-order chi connectivity index (χ1) is 11.0. The number of hydrogen-bond donors (Lipinski definition) is 1. The summed E-state index contributed by atoms with van der Waals surface area (Å²) in [5.74, 6) is 1.00. The van der Waals surface area contributed by atoms with Crippen LogP contribution in [0.2, 0.25) is 0 Å². The van der Waals surface area contributed by atoms with Gasteiger partial charge in [-0.2, -0.15) is 0 Å². The van der Waals surface area contributed by atoms with E-state index in [0.717, 1.165) is 19.3 Å². The molecule has 23 heavy (non-hydrogen) atoms. The summed E-state index contributed by atoms with van der Waals surface area (Å²) in [4.78, 5) is 25.8. The van der Waals surface area contributed by atoms with Crippen LogP contribution in [0.15, 0.2) is 24.3 Å². The maximum Gasteiger partial charge on any atom is 0.265 e. The van der Waals surface area contributed by atoms with Gasteiger partial charge in [-0.1, -0.05) is 38.8 Å². The van der Waals surface area contributed by atoms with Crippen molar-refractivity contribution in [2.45, 2.75) is 46.1 Å². The van der Waals surface area contributed by atoms with Crippen LogP contribution in [0.1, 0.15) is 40.0 Å². The van der Waals surface area contributed by atoms with Crippen LogP contribution >= 0.6 is 0 Å². The summed E-state index contributed by atoms with van der Waals surface area (Å²) in [6.45, 7) is 6.42. The van der Waals surface area contributed by atoms with Gasteiger partial charge in [0.2, 0.25) is 5.91 Å². The van der Waals surface area contributed by atoms with Crippen molar-refractivity contribution in [2.75, 3.05) is 18.1 Å². The van der Waals surface area contributed by atoms with E-state index in [9.17, 15) is 9.59 Å². The Bertz CT molecular complexity index is 557. The van der Waals surface area contributed by atoms with E-state index in [4.69, 9.17) is 4.74 Å². The number of ether oxygens (including phenoxy) is 1. The first-order valence-corrected chi connectivity index (χ1v) is 8.29. The number of fused-ring (bicyclic) bond motifs is 1. The minimum absolute atomic E-state index is 0.0196. The van der Waals surface area contributed by atoms with Crippen molar-refractivity contribution in [3.8, 4) is 5.75 Å². The van der Waals surface area contributed by atoms with Crippen LogP contribution < -0.4 is 15.0 Å². The maximum absolute atomic E-state index is 12.2. The van der Waals surface area contributed by atoms with Crippen molar-refractivity contribution < 1.29 is 14.3 Å². The number of para-hydroxylation sites is 2. The molecule has 0 aromatic heterocycles. The van der Waals surface area contributed by atoms with Crippen molar-refractivity contribution in [1.29, 1.82) is 0 Å². The molecule has 0 fully saturated rings. The Balaban J connectivity index is 1.88. The van der Waals surface area contributed by atoms with E-state index in [-0.39, 0.29) is 31.0 Å². The molecule has 0 aliphatic carbocycles. The quantitative estimate of drug-likeness (QED) is 0.841. The second-order valence-electron chi connectivity index (χ2n) is 6.53. The van der Waals surface area contributed by atoms with Gasteiger partial charge in [0.1, 0.15) is 12.3 Å². The van der Waals surface area contributed by atoms with Crippen LogP contribution in [0.4, 0.5) is 5.69 Å². The minimum atomic E-state index is -0.189. The highest BCUT2D eigenvalue weighted by Crippen LogP contribution is 2.31. The Morgan fingerprint density at radius 2 is 2.00 bits per heavy atom. The molecule has 1 N–H and O–H groups in total. The summed E-state index contributed by atoms with van der Waals surface area (Å²) in [5.41, 5.74) is 0.659. The van der Waals surface area contributed by atoms with Gasteiger partial charge in [-0.15, -0.1) is 0 Å². The predicted octanol–water partition coefficient (Wildman–Crippen LogP) is 2.74. The van der Waals surface area contributed by atoms with Crippen molar-refractivity contribution in [3.63, 3.8) is 0 Å². The van der Waals surface area contributed by atoms with Gasteiger partial charge < -0.3 is 10.1 Å². The average Bonchev–Trinajstić information content (AvgIpc) is 2.49. The summed E-state index contributed by atoms with van der Waals surface area (Å²) in [7, 11) is 0. The summed E-state index contributed by atoms with van der Waals surface area (Å²) in [6, 6.07) is 7.41. The predicted molar refractivity (Wildman–Crippen MR) is 90.6 cm³/mol. The van der Waals surface area contributed by atoms with Gasteiger partial charge in [-0.25, -0.2) is 0 Å². The molecule has 1 aliphatic rings. The largest absolute Gasteiger partial charge is 0.482 e. The standard InChI is InChI=1S/C18H26N2O3/c1-13(2)7-6-8-14(3)19-17(21)11-20-15-9-4-5-10-16(15)23-12-18(20)22/h4-5,9-10,13-14H,6-8,11-12H2,1-3H3,(H,19,21)/t14-/m1/s1. The van der Waals surface area contributed by atoms with Crippen molar-refractivity contribution in [3.05, 3.63) is 24.3 Å². The fourth-order valence-corrected chi connectivity index (χ4v) is 2.70. The molecule has 1 atom stereocenters. The summed E-state index contributed by atoms with van der Waals surface area (Å²) < 4.78 is 5.38. The second-order valence-corrected chi connectivity index (χ2v) is 6.53. The Labute approximate surface area is 138 Å². The molecule has 0 saturated heterocycles. The Morgan fingerprint density at radius 1 is 1.26 bits per heavy atom. The lowest BCUT2D eigenvalue weighted by Crippen LogP contribution is -2.46. The van der Waals surface area contributed by atoms with E-state index < -0.39 is 0 Å². The smallest absolute Gasteiger partial charge is 0.265 e. The average molecular weight is 318 g/mol. The zero-order chi connectivity index (χ0) is 16.8. The molecule has 5 heteroatoms. The van der Waals surface area contributed by atoms with Gasteiger partial charge >= 0.3 is 0 Å². The fourth-order valence-electron chi connectivity index (χ4n) is 2.70. The lowest BCUT2D eigenvalue weighted by Gasteiger charge is -2.29. The highest BCUT2D eigenvalue weighted by Gasteiger charge is 2.27. The number of benzene rings is 1. The van der Waals surface area contributed by atoms with Gasteiger partial charge in [0.15, 0.2) is 6.61 Å². The van der Waals surface area contributed by atoms with E-state index in [0.29, 0.717) is 17.4 Å². The van der Waals surface area contributed by atoms with Gasteiger partial charge in [-0.3, -0.25) is 14.5 Å². The van der Waals surface area contributed by atoms with Crippen molar-refractivity contribution in [1.82, 2.24) is 5.32 Å². The highest BCUT2D eigenvalue weighted by molar-refractivity contribution is 6.02. The maximum atomic E-state index is 12.2. The SMILES string of the molecule is CC(C)CCC[C@@H](C)NC(=O)CN1C(=O)COc2ccccc21. The molecule has 2 amide bonds. The topological polar surface area (TPSA) is 58.6 Å². The van der Waals surface area contributed by atoms with E-state index in [1.54, 1.807) is 12.1 Å². The summed E-state index contributed by atoms with van der Waals surface area (Å²) in [6.07, 6.45) is 3.21. The van der Waals surface area contributed by atoms with E-state index in [2.05, 4.69) is 19.2 Å². The number of rotatable bonds is 7. The summed E-state index contributed by atoms with van der Waals surface area (Å²) >= 11 is 0. The van der Waals surface area contributed by atoms with Crippen LogP contribution in [0.25, 0.3) is 0 Å². The lowest BCUT2D eigenvalue weighted by atomic mass is 10.0. The minimum Gasteiger partial charge on any atom is -0.482 e. The van der Waals surface area contributed by atoms with E-state index >= 15 is 0 Å². The van der Waals surface area contributed by atoms with Crippen LogP contribution in [0.3, 0.4) is 0 Å². The van der Waals surface area contributed by atoms with Crippen LogP contribution in [0.5, 0.6) is 5.75 Å².